The van der Waals surface area contributed by atoms with Crippen molar-refractivity contribution in [3.05, 3.63) is 12.2 Å². The van der Waals surface area contributed by atoms with Gasteiger partial charge in [-0.15, -0.1) is 0 Å². The highest BCUT2D eigenvalue weighted by Crippen LogP contribution is 2.77. The van der Waals surface area contributed by atoms with Gasteiger partial charge in [0.25, 0.3) is 0 Å². The normalized spacial score (nSPS) is 54.0. The monoisotopic (exact) mass is 600 g/mol. The quantitative estimate of drug-likeness (QED) is 0.204. The molecule has 0 radical (unpaired) electrons. The van der Waals surface area contributed by atoms with Gasteiger partial charge in [-0.05, 0) is 128 Å². The van der Waals surface area contributed by atoms with E-state index >= 15 is 0 Å². The molecule has 0 unspecified atom stereocenters. The van der Waals surface area contributed by atoms with Crippen LogP contribution in [0, 0.1) is 56.7 Å². The molecule has 6 rings (SSSR count). The molecule has 0 bridgehead atoms. The minimum Gasteiger partial charge on any atom is -0.454 e. The second kappa shape index (κ2) is 10.5. The Bertz CT molecular complexity index is 1120. The Morgan fingerprint density at radius 2 is 1.56 bits per heavy atom. The lowest BCUT2D eigenvalue weighted by molar-refractivity contribution is -0.313. The Morgan fingerprint density at radius 3 is 2.23 bits per heavy atom. The van der Waals surface area contributed by atoms with E-state index in [2.05, 4.69) is 55.0 Å². The molecule has 0 aromatic carbocycles. The van der Waals surface area contributed by atoms with E-state index in [9.17, 15) is 15.0 Å². The molecular weight excluding hydrogens is 540 g/mol. The number of carbonyl (C=O) groups excluding carboxylic acids is 1. The van der Waals surface area contributed by atoms with Crippen LogP contribution in [-0.4, -0.2) is 53.5 Å². The number of hydrogen-bond donors (Lipinski definition) is 2. The van der Waals surface area contributed by atoms with Crippen LogP contribution in [0.4, 0.5) is 0 Å². The molecule has 6 aliphatic rings. The molecule has 6 nitrogen and oxygen atoms in total. The molecule has 1 heterocycles. The number of carbonyl (C=O) groups is 1. The predicted molar refractivity (Wildman–Crippen MR) is 167 cm³/mol. The summed E-state index contributed by atoms with van der Waals surface area (Å²) < 4.78 is 17.9. The van der Waals surface area contributed by atoms with Crippen LogP contribution in [-0.2, 0) is 19.0 Å². The van der Waals surface area contributed by atoms with E-state index in [0.717, 1.165) is 24.7 Å². The summed E-state index contributed by atoms with van der Waals surface area (Å²) in [6.45, 7) is 23.4. The topological polar surface area (TPSA) is 85.2 Å². The first-order chi connectivity index (χ1) is 20.0. The summed E-state index contributed by atoms with van der Waals surface area (Å²) >= 11 is 0. The van der Waals surface area contributed by atoms with Crippen LogP contribution in [0.3, 0.4) is 0 Å². The number of esters is 1. The molecule has 1 saturated heterocycles. The zero-order valence-corrected chi connectivity index (χ0v) is 28.3. The molecule has 6 heteroatoms. The van der Waals surface area contributed by atoms with Crippen LogP contribution in [0.5, 0.6) is 0 Å². The molecule has 5 saturated carbocycles. The van der Waals surface area contributed by atoms with Gasteiger partial charge in [-0.25, -0.2) is 0 Å². The minimum atomic E-state index is -1.23. The molecule has 5 aliphatic carbocycles. The largest absolute Gasteiger partial charge is 0.454 e. The van der Waals surface area contributed by atoms with Gasteiger partial charge in [-0.2, -0.15) is 0 Å². The van der Waals surface area contributed by atoms with Gasteiger partial charge in [0.05, 0.1) is 12.7 Å². The number of aliphatic hydroxyl groups is 2. The summed E-state index contributed by atoms with van der Waals surface area (Å²) in [7, 11) is 0. The molecule has 0 aromatic rings. The highest BCUT2D eigenvalue weighted by molar-refractivity contribution is 5.66. The minimum absolute atomic E-state index is 0.0374. The molecule has 14 atom stereocenters. The Morgan fingerprint density at radius 1 is 0.837 bits per heavy atom. The van der Waals surface area contributed by atoms with E-state index in [0.29, 0.717) is 34.0 Å². The van der Waals surface area contributed by atoms with E-state index in [1.165, 1.54) is 63.9 Å². The SMILES string of the molecule is C=C(C)[C@@H]1CC[C@]2(C)CC[C@]3(C)[C@H](CC[C@@H]4[C@@]5(C)CC[C@H](O[C@H]6OC[C@@H](O)[C@H](O)[C@@H]6OC(C)=O)C(C)(C)[C@@H]5CC[C@]43C)[C@@H]12. The van der Waals surface area contributed by atoms with Crippen LogP contribution in [0.15, 0.2) is 12.2 Å². The maximum atomic E-state index is 11.8. The first-order valence-corrected chi connectivity index (χ1v) is 17.5. The summed E-state index contributed by atoms with van der Waals surface area (Å²) in [5, 5.41) is 20.8. The number of allylic oxidation sites excluding steroid dienone is 1. The summed E-state index contributed by atoms with van der Waals surface area (Å²) in [4.78, 5) is 11.8. The second-order valence-electron chi connectivity index (χ2n) is 17.7. The van der Waals surface area contributed by atoms with Crippen molar-refractivity contribution in [3.63, 3.8) is 0 Å². The predicted octanol–water partition coefficient (Wildman–Crippen LogP) is 7.06. The number of rotatable bonds is 4. The summed E-state index contributed by atoms with van der Waals surface area (Å²) in [6, 6.07) is 0. The van der Waals surface area contributed by atoms with Gasteiger partial charge in [0.15, 0.2) is 12.4 Å². The fourth-order valence-electron chi connectivity index (χ4n) is 13.1. The molecule has 0 aromatic heterocycles. The van der Waals surface area contributed by atoms with Crippen molar-refractivity contribution in [2.75, 3.05) is 6.61 Å². The van der Waals surface area contributed by atoms with Gasteiger partial charge in [-0.1, -0.05) is 53.7 Å². The molecular formula is C37H60O6. The van der Waals surface area contributed by atoms with Crippen molar-refractivity contribution in [3.8, 4) is 0 Å². The van der Waals surface area contributed by atoms with Crippen LogP contribution < -0.4 is 0 Å². The van der Waals surface area contributed by atoms with Crippen molar-refractivity contribution in [1.29, 1.82) is 0 Å². The Balaban J connectivity index is 1.25. The molecule has 0 spiro atoms. The van der Waals surface area contributed by atoms with Gasteiger partial charge >= 0.3 is 5.97 Å². The average molecular weight is 601 g/mol. The molecule has 2 N–H and O–H groups in total. The summed E-state index contributed by atoms with van der Waals surface area (Å²) in [5.41, 5.74) is 2.69. The van der Waals surface area contributed by atoms with E-state index in [-0.39, 0.29) is 23.5 Å². The molecule has 43 heavy (non-hydrogen) atoms. The molecule has 6 fully saturated rings. The smallest absolute Gasteiger partial charge is 0.303 e. The van der Waals surface area contributed by atoms with Gasteiger partial charge in [0.2, 0.25) is 0 Å². The molecule has 0 amide bonds. The molecule has 244 valence electrons. The highest BCUT2D eigenvalue weighted by Gasteiger charge is 2.70. The van der Waals surface area contributed by atoms with Crippen molar-refractivity contribution >= 4 is 5.97 Å². The number of fused-ring (bicyclic) bond motifs is 7. The lowest BCUT2D eigenvalue weighted by atomic mass is 9.32. The third-order valence-corrected chi connectivity index (χ3v) is 15.5. The third-order valence-electron chi connectivity index (χ3n) is 15.5. The van der Waals surface area contributed by atoms with Crippen LogP contribution in [0.1, 0.15) is 120 Å². The van der Waals surface area contributed by atoms with E-state index in [1.807, 2.05) is 0 Å². The van der Waals surface area contributed by atoms with Crippen molar-refractivity contribution < 1.29 is 29.2 Å². The van der Waals surface area contributed by atoms with E-state index in [4.69, 9.17) is 14.2 Å². The van der Waals surface area contributed by atoms with Crippen molar-refractivity contribution in [1.82, 2.24) is 0 Å². The maximum Gasteiger partial charge on any atom is 0.303 e. The maximum absolute atomic E-state index is 11.8. The zero-order chi connectivity index (χ0) is 31.3. The van der Waals surface area contributed by atoms with E-state index in [1.54, 1.807) is 0 Å². The van der Waals surface area contributed by atoms with Gasteiger partial charge in [0.1, 0.15) is 12.2 Å². The lowest BCUT2D eigenvalue weighted by Crippen LogP contribution is -2.67. The summed E-state index contributed by atoms with van der Waals surface area (Å²) in [6.07, 6.45) is 8.25. The number of aliphatic hydroxyl groups excluding tert-OH is 2. The zero-order valence-electron chi connectivity index (χ0n) is 28.3. The standard InChI is InChI=1S/C37H60O6/c1-21(2)23-12-15-34(6)18-19-36(8)24(29(23)34)10-11-27-35(7)16-14-28(33(4,5)26(35)13-17-37(27,36)9)43-32-31(42-22(3)38)30(40)25(39)20-41-32/h23-32,39-40H,1,10-20H2,2-9H3/t23-,24+,25+,26-,27+,28-,29+,30-,31-,32+,34+,35-,36+,37+/m0/s1. The second-order valence-corrected chi connectivity index (χ2v) is 17.7. The fourth-order valence-corrected chi connectivity index (χ4v) is 13.1. The van der Waals surface area contributed by atoms with Crippen LogP contribution in [0.2, 0.25) is 0 Å². The first-order valence-electron chi connectivity index (χ1n) is 17.5. The van der Waals surface area contributed by atoms with E-state index < -0.39 is 30.6 Å². The van der Waals surface area contributed by atoms with Crippen molar-refractivity contribution in [2.24, 2.45) is 56.7 Å². The number of ether oxygens (including phenoxy) is 3. The lowest BCUT2D eigenvalue weighted by Gasteiger charge is -2.73. The van der Waals surface area contributed by atoms with Crippen molar-refractivity contribution in [2.45, 2.75) is 150 Å². The first kappa shape index (κ1) is 32.0. The summed E-state index contributed by atoms with van der Waals surface area (Å²) in [5.74, 6) is 2.93. The average Bonchev–Trinajstić information content (AvgIpc) is 3.28. The fraction of sp³-hybridized carbons (Fsp3) is 0.919. The Kier molecular flexibility index (Phi) is 7.84. The molecule has 1 aliphatic heterocycles. The van der Waals surface area contributed by atoms with Gasteiger partial charge < -0.3 is 24.4 Å². The van der Waals surface area contributed by atoms with Gasteiger partial charge in [0, 0.05) is 6.92 Å². The Labute approximate surface area is 260 Å². The Hall–Kier alpha value is -0.950. The third kappa shape index (κ3) is 4.57. The van der Waals surface area contributed by atoms with Gasteiger partial charge in [-0.3, -0.25) is 4.79 Å². The van der Waals surface area contributed by atoms with Crippen LogP contribution in [0.25, 0.3) is 0 Å². The number of hydrogen-bond acceptors (Lipinski definition) is 6. The highest BCUT2D eigenvalue weighted by atomic mass is 16.7. The van der Waals surface area contributed by atoms with Crippen LogP contribution >= 0.6 is 0 Å².